The Morgan fingerprint density at radius 3 is 2.55 bits per heavy atom. The van der Waals surface area contributed by atoms with Crippen molar-refractivity contribution in [1.82, 2.24) is 4.90 Å². The molecule has 1 rings (SSSR count). The van der Waals surface area contributed by atoms with Gasteiger partial charge in [0.15, 0.2) is 0 Å². The zero-order chi connectivity index (χ0) is 7.56. The van der Waals surface area contributed by atoms with Crippen LogP contribution < -0.4 is 0 Å². The number of carbonyl (C=O) groups is 1. The zero-order valence-corrected chi connectivity index (χ0v) is 7.69. The van der Waals surface area contributed by atoms with Crippen molar-refractivity contribution < 1.29 is 9.53 Å². The van der Waals surface area contributed by atoms with Gasteiger partial charge in [0.05, 0.1) is 6.10 Å². The Kier molecular flexibility index (Phi) is 4.45. The molecular formula is C7H14ClNO2. The Morgan fingerprint density at radius 2 is 2.27 bits per heavy atom. The molecule has 0 aliphatic carbocycles. The van der Waals surface area contributed by atoms with Crippen LogP contribution in [-0.4, -0.2) is 37.1 Å². The summed E-state index contributed by atoms with van der Waals surface area (Å²) in [6.07, 6.45) is 1.25. The maximum Gasteiger partial charge on any atom is 0.219 e. The fourth-order valence-electron chi connectivity index (χ4n) is 1.21. The van der Waals surface area contributed by atoms with E-state index >= 15 is 0 Å². The molecule has 1 heterocycles. The van der Waals surface area contributed by atoms with Crippen LogP contribution in [0.15, 0.2) is 0 Å². The van der Waals surface area contributed by atoms with Crippen molar-refractivity contribution in [3.05, 3.63) is 0 Å². The lowest BCUT2D eigenvalue weighted by Crippen LogP contribution is -2.27. The van der Waals surface area contributed by atoms with Crippen LogP contribution in [-0.2, 0) is 9.53 Å². The van der Waals surface area contributed by atoms with Gasteiger partial charge in [-0.25, -0.2) is 0 Å². The van der Waals surface area contributed by atoms with Gasteiger partial charge in [0.25, 0.3) is 0 Å². The van der Waals surface area contributed by atoms with Crippen LogP contribution in [0.4, 0.5) is 0 Å². The summed E-state index contributed by atoms with van der Waals surface area (Å²) >= 11 is 0. The smallest absolute Gasteiger partial charge is 0.219 e. The Bertz CT molecular complexity index is 140. The molecular weight excluding hydrogens is 166 g/mol. The second-order valence-corrected chi connectivity index (χ2v) is 2.61. The van der Waals surface area contributed by atoms with Gasteiger partial charge in [-0.15, -0.1) is 12.4 Å². The van der Waals surface area contributed by atoms with Crippen molar-refractivity contribution >= 4 is 18.3 Å². The third-order valence-corrected chi connectivity index (χ3v) is 1.92. The molecule has 0 aromatic carbocycles. The molecule has 0 spiro atoms. The van der Waals surface area contributed by atoms with E-state index in [4.69, 9.17) is 4.74 Å². The van der Waals surface area contributed by atoms with E-state index in [0.717, 1.165) is 19.5 Å². The van der Waals surface area contributed by atoms with Crippen LogP contribution >= 0.6 is 12.4 Å². The Hall–Kier alpha value is -0.280. The predicted molar refractivity (Wildman–Crippen MR) is 44.9 cm³/mol. The summed E-state index contributed by atoms with van der Waals surface area (Å²) < 4.78 is 5.10. The van der Waals surface area contributed by atoms with E-state index in [-0.39, 0.29) is 24.4 Å². The molecule has 3 nitrogen and oxygen atoms in total. The van der Waals surface area contributed by atoms with E-state index in [9.17, 15) is 4.79 Å². The molecule has 1 aliphatic heterocycles. The minimum atomic E-state index is 0. The van der Waals surface area contributed by atoms with Gasteiger partial charge in [0, 0.05) is 27.1 Å². The van der Waals surface area contributed by atoms with Gasteiger partial charge in [-0.3, -0.25) is 4.79 Å². The van der Waals surface area contributed by atoms with Crippen molar-refractivity contribution in [2.45, 2.75) is 19.4 Å². The maximum absolute atomic E-state index is 10.8. The van der Waals surface area contributed by atoms with Gasteiger partial charge in [0.2, 0.25) is 5.91 Å². The largest absolute Gasteiger partial charge is 0.380 e. The molecule has 0 radical (unpaired) electrons. The van der Waals surface area contributed by atoms with Crippen LogP contribution in [0.25, 0.3) is 0 Å². The lowest BCUT2D eigenvalue weighted by atomic mass is 10.3. The number of hydrogen-bond donors (Lipinski definition) is 0. The molecule has 0 saturated carbocycles. The molecule has 1 saturated heterocycles. The van der Waals surface area contributed by atoms with Gasteiger partial charge >= 0.3 is 0 Å². The highest BCUT2D eigenvalue weighted by molar-refractivity contribution is 5.85. The van der Waals surface area contributed by atoms with E-state index in [0.29, 0.717) is 0 Å². The summed E-state index contributed by atoms with van der Waals surface area (Å²) in [6, 6.07) is 0. The van der Waals surface area contributed by atoms with Crippen molar-refractivity contribution in [2.24, 2.45) is 0 Å². The first-order chi connectivity index (χ1) is 4.74. The topological polar surface area (TPSA) is 29.5 Å². The standard InChI is InChI=1S/C7H13NO2.ClH/c1-6(9)8-4-3-7(5-8)10-2;/h7H,3-5H2,1-2H3;1H/t7-;/m0./s1. The fourth-order valence-corrected chi connectivity index (χ4v) is 1.21. The van der Waals surface area contributed by atoms with Crippen LogP contribution in [0.3, 0.4) is 0 Å². The molecule has 0 aromatic rings. The highest BCUT2D eigenvalue weighted by Crippen LogP contribution is 2.10. The SMILES string of the molecule is CO[C@H]1CCN(C(C)=O)C1.Cl. The number of nitrogens with zero attached hydrogens (tertiary/aromatic N) is 1. The molecule has 0 N–H and O–H groups in total. The molecule has 1 amide bonds. The minimum Gasteiger partial charge on any atom is -0.380 e. The number of methoxy groups -OCH3 is 1. The summed E-state index contributed by atoms with van der Waals surface area (Å²) in [5.41, 5.74) is 0. The molecule has 0 aromatic heterocycles. The Labute approximate surface area is 73.1 Å². The zero-order valence-electron chi connectivity index (χ0n) is 6.87. The summed E-state index contributed by atoms with van der Waals surface area (Å²) in [5, 5.41) is 0. The van der Waals surface area contributed by atoms with E-state index in [2.05, 4.69) is 0 Å². The number of halogens is 1. The normalized spacial score (nSPS) is 23.1. The third-order valence-electron chi connectivity index (χ3n) is 1.92. The Morgan fingerprint density at radius 1 is 1.64 bits per heavy atom. The highest BCUT2D eigenvalue weighted by Gasteiger charge is 2.23. The number of hydrogen-bond acceptors (Lipinski definition) is 2. The van der Waals surface area contributed by atoms with E-state index in [1.54, 1.807) is 14.0 Å². The summed E-state index contributed by atoms with van der Waals surface area (Å²) in [5.74, 6) is 0.152. The van der Waals surface area contributed by atoms with E-state index in [1.165, 1.54) is 0 Å². The molecule has 1 atom stereocenters. The number of likely N-dealkylation sites (tertiary alicyclic amines) is 1. The average Bonchev–Trinajstić information content (AvgIpc) is 2.34. The summed E-state index contributed by atoms with van der Waals surface area (Å²) in [4.78, 5) is 12.6. The van der Waals surface area contributed by atoms with Crippen LogP contribution in [0.2, 0.25) is 0 Å². The first-order valence-corrected chi connectivity index (χ1v) is 3.52. The van der Waals surface area contributed by atoms with Gasteiger partial charge < -0.3 is 9.64 Å². The van der Waals surface area contributed by atoms with Gasteiger partial charge in [-0.2, -0.15) is 0 Å². The number of carbonyl (C=O) groups excluding carboxylic acids is 1. The minimum absolute atomic E-state index is 0. The number of ether oxygens (including phenoxy) is 1. The van der Waals surface area contributed by atoms with Gasteiger partial charge in [-0.1, -0.05) is 0 Å². The van der Waals surface area contributed by atoms with Crippen LogP contribution in [0, 0.1) is 0 Å². The van der Waals surface area contributed by atoms with Crippen molar-refractivity contribution in [3.8, 4) is 0 Å². The van der Waals surface area contributed by atoms with E-state index < -0.39 is 0 Å². The summed E-state index contributed by atoms with van der Waals surface area (Å²) in [6.45, 7) is 3.22. The van der Waals surface area contributed by atoms with Crippen molar-refractivity contribution in [3.63, 3.8) is 0 Å². The molecule has 66 valence electrons. The lowest BCUT2D eigenvalue weighted by molar-refractivity contribution is -0.128. The maximum atomic E-state index is 10.8. The second-order valence-electron chi connectivity index (χ2n) is 2.61. The molecule has 11 heavy (non-hydrogen) atoms. The lowest BCUT2D eigenvalue weighted by Gasteiger charge is -2.12. The highest BCUT2D eigenvalue weighted by atomic mass is 35.5. The van der Waals surface area contributed by atoms with Crippen molar-refractivity contribution in [2.75, 3.05) is 20.2 Å². The molecule has 4 heteroatoms. The summed E-state index contributed by atoms with van der Waals surface area (Å²) in [7, 11) is 1.69. The quantitative estimate of drug-likeness (QED) is 0.593. The number of rotatable bonds is 1. The number of amides is 1. The Balaban J connectivity index is 0.000001000. The van der Waals surface area contributed by atoms with Crippen LogP contribution in [0.1, 0.15) is 13.3 Å². The first kappa shape index (κ1) is 10.7. The average molecular weight is 180 g/mol. The fraction of sp³-hybridized carbons (Fsp3) is 0.857. The van der Waals surface area contributed by atoms with Crippen molar-refractivity contribution in [1.29, 1.82) is 0 Å². The second kappa shape index (κ2) is 4.57. The molecule has 1 aliphatic rings. The molecule has 0 bridgehead atoms. The van der Waals surface area contributed by atoms with Crippen LogP contribution in [0.5, 0.6) is 0 Å². The van der Waals surface area contributed by atoms with E-state index in [1.807, 2.05) is 4.90 Å². The van der Waals surface area contributed by atoms with Gasteiger partial charge in [-0.05, 0) is 6.42 Å². The molecule has 1 fully saturated rings. The first-order valence-electron chi connectivity index (χ1n) is 3.52. The third kappa shape index (κ3) is 2.67. The van der Waals surface area contributed by atoms with Gasteiger partial charge in [0.1, 0.15) is 0 Å². The monoisotopic (exact) mass is 179 g/mol. The predicted octanol–water partition coefficient (Wildman–Crippen LogP) is 0.675. The molecule has 0 unspecified atom stereocenters.